The molecule has 1 saturated heterocycles. The number of benzene rings is 1. The molecule has 1 fully saturated rings. The molecule has 0 radical (unpaired) electrons. The SMILES string of the molecule is Clc1cccc(CN2CCNCC2)c1.O=C(O)/C=C/C(=O)O. The van der Waals surface area contributed by atoms with Gasteiger partial charge >= 0.3 is 11.9 Å². The second kappa shape index (κ2) is 9.94. The van der Waals surface area contributed by atoms with E-state index in [1.165, 1.54) is 5.56 Å². The molecule has 1 aromatic rings. The van der Waals surface area contributed by atoms with Crippen LogP contribution in [-0.4, -0.2) is 53.2 Å². The Kier molecular flexibility index (Phi) is 8.21. The zero-order valence-electron chi connectivity index (χ0n) is 12.0. The van der Waals surface area contributed by atoms with Crippen LogP contribution in [0.25, 0.3) is 0 Å². The van der Waals surface area contributed by atoms with Crippen LogP contribution in [0.3, 0.4) is 0 Å². The van der Waals surface area contributed by atoms with Crippen molar-refractivity contribution in [1.82, 2.24) is 10.2 Å². The normalized spacial score (nSPS) is 15.1. The molecule has 0 aliphatic carbocycles. The summed E-state index contributed by atoms with van der Waals surface area (Å²) < 4.78 is 0. The van der Waals surface area contributed by atoms with Gasteiger partial charge in [-0.15, -0.1) is 0 Å². The molecule has 1 aromatic carbocycles. The summed E-state index contributed by atoms with van der Waals surface area (Å²) in [6.45, 7) is 5.47. The first-order valence-corrected chi connectivity index (χ1v) is 7.16. The first kappa shape index (κ1) is 18.2. The first-order chi connectivity index (χ1) is 10.5. The summed E-state index contributed by atoms with van der Waals surface area (Å²) >= 11 is 5.93. The van der Waals surface area contributed by atoms with Gasteiger partial charge in [-0.3, -0.25) is 4.90 Å². The fraction of sp³-hybridized carbons (Fsp3) is 0.333. The molecule has 1 aliphatic heterocycles. The number of hydrogen-bond acceptors (Lipinski definition) is 4. The number of carboxylic acid groups (broad SMARTS) is 2. The number of nitrogens with zero attached hydrogens (tertiary/aromatic N) is 1. The molecule has 0 atom stereocenters. The number of nitrogens with one attached hydrogen (secondary N) is 1. The highest BCUT2D eigenvalue weighted by atomic mass is 35.5. The summed E-state index contributed by atoms with van der Waals surface area (Å²) in [7, 11) is 0. The van der Waals surface area contributed by atoms with E-state index in [1.54, 1.807) is 0 Å². The Balaban J connectivity index is 0.000000261. The van der Waals surface area contributed by atoms with Crippen molar-refractivity contribution in [3.8, 4) is 0 Å². The second-order valence-corrected chi connectivity index (χ2v) is 5.10. The summed E-state index contributed by atoms with van der Waals surface area (Å²) in [6.07, 6.45) is 1.12. The highest BCUT2D eigenvalue weighted by Crippen LogP contribution is 2.12. The highest BCUT2D eigenvalue weighted by molar-refractivity contribution is 6.30. The van der Waals surface area contributed by atoms with Crippen molar-refractivity contribution in [1.29, 1.82) is 0 Å². The molecule has 0 bridgehead atoms. The van der Waals surface area contributed by atoms with Crippen molar-refractivity contribution in [3.63, 3.8) is 0 Å². The van der Waals surface area contributed by atoms with Gasteiger partial charge in [-0.05, 0) is 17.7 Å². The molecule has 0 saturated carbocycles. The molecule has 1 heterocycles. The van der Waals surface area contributed by atoms with Crippen molar-refractivity contribution in [2.45, 2.75) is 6.54 Å². The van der Waals surface area contributed by atoms with E-state index in [9.17, 15) is 9.59 Å². The van der Waals surface area contributed by atoms with Crippen molar-refractivity contribution >= 4 is 23.5 Å². The molecular weight excluding hydrogens is 308 g/mol. The molecule has 0 unspecified atom stereocenters. The third kappa shape index (κ3) is 8.41. The third-order valence-electron chi connectivity index (χ3n) is 2.87. The van der Waals surface area contributed by atoms with Crippen LogP contribution in [0, 0.1) is 0 Å². The number of halogens is 1. The lowest BCUT2D eigenvalue weighted by Crippen LogP contribution is -2.42. The second-order valence-electron chi connectivity index (χ2n) is 4.67. The molecule has 22 heavy (non-hydrogen) atoms. The average molecular weight is 327 g/mol. The third-order valence-corrected chi connectivity index (χ3v) is 3.11. The quantitative estimate of drug-likeness (QED) is 0.726. The monoisotopic (exact) mass is 326 g/mol. The Labute approximate surface area is 134 Å². The lowest BCUT2D eigenvalue weighted by atomic mass is 10.2. The maximum atomic E-state index is 9.55. The van der Waals surface area contributed by atoms with Gasteiger partial charge in [0.1, 0.15) is 0 Å². The van der Waals surface area contributed by atoms with Crippen LogP contribution in [0.5, 0.6) is 0 Å². The molecule has 7 heteroatoms. The van der Waals surface area contributed by atoms with E-state index in [0.717, 1.165) is 37.7 Å². The number of aliphatic carboxylic acids is 2. The first-order valence-electron chi connectivity index (χ1n) is 6.79. The minimum absolute atomic E-state index is 0.558. The summed E-state index contributed by atoms with van der Waals surface area (Å²) in [4.78, 5) is 21.6. The maximum Gasteiger partial charge on any atom is 0.328 e. The summed E-state index contributed by atoms with van der Waals surface area (Å²) in [5.74, 6) is -2.51. The summed E-state index contributed by atoms with van der Waals surface area (Å²) in [5.41, 5.74) is 1.31. The van der Waals surface area contributed by atoms with Gasteiger partial charge in [0, 0.05) is 49.9 Å². The molecule has 2 rings (SSSR count). The van der Waals surface area contributed by atoms with Crippen molar-refractivity contribution in [3.05, 3.63) is 47.0 Å². The van der Waals surface area contributed by atoms with Crippen LogP contribution in [0.2, 0.25) is 5.02 Å². The van der Waals surface area contributed by atoms with Gasteiger partial charge < -0.3 is 15.5 Å². The minimum Gasteiger partial charge on any atom is -0.478 e. The van der Waals surface area contributed by atoms with E-state index in [2.05, 4.69) is 16.3 Å². The fourth-order valence-electron chi connectivity index (χ4n) is 1.91. The van der Waals surface area contributed by atoms with Gasteiger partial charge in [-0.2, -0.15) is 0 Å². The maximum absolute atomic E-state index is 9.55. The number of hydrogen-bond donors (Lipinski definition) is 3. The van der Waals surface area contributed by atoms with E-state index >= 15 is 0 Å². The van der Waals surface area contributed by atoms with Gasteiger partial charge in [0.25, 0.3) is 0 Å². The molecule has 3 N–H and O–H groups in total. The Hall–Kier alpha value is -1.89. The topological polar surface area (TPSA) is 89.9 Å². The average Bonchev–Trinajstić information content (AvgIpc) is 2.47. The van der Waals surface area contributed by atoms with E-state index in [-0.39, 0.29) is 0 Å². The van der Waals surface area contributed by atoms with Gasteiger partial charge in [-0.25, -0.2) is 9.59 Å². The standard InChI is InChI=1S/C11H15ClN2.C4H4O4/c12-11-3-1-2-10(8-11)9-14-6-4-13-5-7-14;5-3(6)1-2-4(7)8/h1-3,8,13H,4-7,9H2;1-2H,(H,5,6)(H,7,8)/b;2-1+. The van der Waals surface area contributed by atoms with Crippen molar-refractivity contribution < 1.29 is 19.8 Å². The predicted molar refractivity (Wildman–Crippen MR) is 84.0 cm³/mol. The molecule has 6 nitrogen and oxygen atoms in total. The Morgan fingerprint density at radius 2 is 1.77 bits per heavy atom. The van der Waals surface area contributed by atoms with Crippen LogP contribution in [0.1, 0.15) is 5.56 Å². The van der Waals surface area contributed by atoms with Crippen LogP contribution >= 0.6 is 11.6 Å². The molecule has 120 valence electrons. The molecule has 0 spiro atoms. The van der Waals surface area contributed by atoms with Gasteiger partial charge in [0.05, 0.1) is 0 Å². The summed E-state index contributed by atoms with van der Waals surface area (Å²) in [6, 6.07) is 8.11. The van der Waals surface area contributed by atoms with Crippen LogP contribution in [0.4, 0.5) is 0 Å². The molecule has 0 amide bonds. The Morgan fingerprint density at radius 1 is 1.18 bits per heavy atom. The predicted octanol–water partition coefficient (Wildman–Crippen LogP) is 1.46. The highest BCUT2D eigenvalue weighted by Gasteiger charge is 2.09. The Morgan fingerprint density at radius 3 is 2.27 bits per heavy atom. The summed E-state index contributed by atoms with van der Waals surface area (Å²) in [5, 5.41) is 19.8. The van der Waals surface area contributed by atoms with E-state index < -0.39 is 11.9 Å². The van der Waals surface area contributed by atoms with E-state index in [4.69, 9.17) is 21.8 Å². The molecule has 0 aromatic heterocycles. The van der Waals surface area contributed by atoms with Crippen molar-refractivity contribution in [2.75, 3.05) is 26.2 Å². The number of rotatable bonds is 4. The number of carbonyl (C=O) groups is 2. The van der Waals surface area contributed by atoms with E-state index in [1.807, 2.05) is 18.2 Å². The zero-order valence-corrected chi connectivity index (χ0v) is 12.8. The van der Waals surface area contributed by atoms with Crippen LogP contribution in [0.15, 0.2) is 36.4 Å². The van der Waals surface area contributed by atoms with Gasteiger partial charge in [-0.1, -0.05) is 23.7 Å². The van der Waals surface area contributed by atoms with Gasteiger partial charge in [0.2, 0.25) is 0 Å². The molecular formula is C15H19ClN2O4. The van der Waals surface area contributed by atoms with Crippen LogP contribution < -0.4 is 5.32 Å². The van der Waals surface area contributed by atoms with Gasteiger partial charge in [0.15, 0.2) is 0 Å². The molecule has 1 aliphatic rings. The van der Waals surface area contributed by atoms with Crippen LogP contribution in [-0.2, 0) is 16.1 Å². The number of carboxylic acids is 2. The smallest absolute Gasteiger partial charge is 0.328 e. The zero-order chi connectivity index (χ0) is 16.4. The largest absolute Gasteiger partial charge is 0.478 e. The van der Waals surface area contributed by atoms with Crippen molar-refractivity contribution in [2.24, 2.45) is 0 Å². The Bertz CT molecular complexity index is 512. The number of piperazine rings is 1. The lowest BCUT2D eigenvalue weighted by Gasteiger charge is -2.27. The minimum atomic E-state index is -1.26. The lowest BCUT2D eigenvalue weighted by molar-refractivity contribution is -0.134. The fourth-order valence-corrected chi connectivity index (χ4v) is 2.12. The van der Waals surface area contributed by atoms with E-state index in [0.29, 0.717) is 12.2 Å².